The lowest BCUT2D eigenvalue weighted by Gasteiger charge is -2.25. The molecule has 0 amide bonds. The molecule has 12 heavy (non-hydrogen) atoms. The van der Waals surface area contributed by atoms with E-state index in [0.717, 1.165) is 5.56 Å². The average Bonchev–Trinajstić information content (AvgIpc) is 2.03. The van der Waals surface area contributed by atoms with E-state index in [4.69, 9.17) is 0 Å². The van der Waals surface area contributed by atoms with Crippen molar-refractivity contribution < 1.29 is 5.11 Å². The lowest BCUT2D eigenvalue weighted by molar-refractivity contribution is 0.0626. The fourth-order valence-electron chi connectivity index (χ4n) is 1.05. The summed E-state index contributed by atoms with van der Waals surface area (Å²) in [6, 6.07) is 3.69. The van der Waals surface area contributed by atoms with Crippen molar-refractivity contribution in [1.29, 1.82) is 0 Å². The van der Waals surface area contributed by atoms with E-state index in [9.17, 15) is 5.11 Å². The molecular weight excluding hydrogens is 150 g/mol. The van der Waals surface area contributed by atoms with E-state index in [1.54, 1.807) is 12.4 Å². The molecule has 0 aliphatic carbocycles. The van der Waals surface area contributed by atoms with Gasteiger partial charge in [-0.25, -0.2) is 0 Å². The third-order valence-electron chi connectivity index (χ3n) is 1.84. The van der Waals surface area contributed by atoms with Gasteiger partial charge in [-0.1, -0.05) is 20.8 Å². The molecule has 1 aromatic rings. The van der Waals surface area contributed by atoms with Gasteiger partial charge in [0, 0.05) is 12.4 Å². The number of rotatable bonds is 1. The van der Waals surface area contributed by atoms with Crippen LogP contribution >= 0.6 is 0 Å². The fraction of sp³-hybridized carbons (Fsp3) is 0.500. The van der Waals surface area contributed by atoms with E-state index in [2.05, 4.69) is 4.98 Å². The van der Waals surface area contributed by atoms with Crippen LogP contribution in [0.5, 0.6) is 0 Å². The summed E-state index contributed by atoms with van der Waals surface area (Å²) in [6.07, 6.45) is 2.98. The van der Waals surface area contributed by atoms with E-state index in [-0.39, 0.29) is 5.41 Å². The third-order valence-corrected chi connectivity index (χ3v) is 1.84. The van der Waals surface area contributed by atoms with Crippen molar-refractivity contribution in [2.45, 2.75) is 26.9 Å². The number of hydrogen-bond acceptors (Lipinski definition) is 2. The monoisotopic (exact) mass is 165 g/mol. The van der Waals surface area contributed by atoms with Gasteiger partial charge in [-0.05, 0) is 23.1 Å². The summed E-state index contributed by atoms with van der Waals surface area (Å²) in [6.45, 7) is 6.04. The maximum Gasteiger partial charge on any atom is 0.0839 e. The van der Waals surface area contributed by atoms with Crippen molar-refractivity contribution in [1.82, 2.24) is 4.98 Å². The summed E-state index contributed by atoms with van der Waals surface area (Å²) < 4.78 is 0. The van der Waals surface area contributed by atoms with Crippen LogP contribution in [0.2, 0.25) is 0 Å². The Balaban J connectivity index is 2.86. The molecule has 0 saturated heterocycles. The van der Waals surface area contributed by atoms with Crippen LogP contribution in [0.3, 0.4) is 0 Å². The molecule has 1 atom stereocenters. The topological polar surface area (TPSA) is 33.1 Å². The van der Waals surface area contributed by atoms with Gasteiger partial charge >= 0.3 is 0 Å². The highest BCUT2D eigenvalue weighted by atomic mass is 16.3. The first kappa shape index (κ1) is 9.20. The Kier molecular flexibility index (Phi) is 2.48. The van der Waals surface area contributed by atoms with Gasteiger partial charge in [-0.15, -0.1) is 0 Å². The van der Waals surface area contributed by atoms with Gasteiger partial charge in [-0.3, -0.25) is 4.98 Å². The van der Waals surface area contributed by atoms with Crippen LogP contribution in [0.25, 0.3) is 0 Å². The molecule has 0 saturated carbocycles. The van der Waals surface area contributed by atoms with Crippen molar-refractivity contribution in [3.63, 3.8) is 0 Å². The van der Waals surface area contributed by atoms with Gasteiger partial charge in [0.2, 0.25) is 0 Å². The Hall–Kier alpha value is -0.890. The zero-order valence-electron chi connectivity index (χ0n) is 7.78. The molecule has 1 rings (SSSR count). The van der Waals surface area contributed by atoms with Crippen molar-refractivity contribution in [2.75, 3.05) is 0 Å². The van der Waals surface area contributed by atoms with Gasteiger partial charge < -0.3 is 5.11 Å². The van der Waals surface area contributed by atoms with E-state index < -0.39 is 6.10 Å². The van der Waals surface area contributed by atoms with Crippen LogP contribution in [0, 0.1) is 5.41 Å². The second-order valence-corrected chi connectivity index (χ2v) is 4.05. The summed E-state index contributed by atoms with van der Waals surface area (Å²) in [5.41, 5.74) is 0.818. The molecule has 66 valence electrons. The Morgan fingerprint density at radius 2 is 1.75 bits per heavy atom. The molecule has 0 radical (unpaired) electrons. The van der Waals surface area contributed by atoms with E-state index in [1.807, 2.05) is 32.9 Å². The Labute approximate surface area is 73.3 Å². The normalized spacial score (nSPS) is 14.3. The summed E-state index contributed by atoms with van der Waals surface area (Å²) in [7, 11) is 0. The highest BCUT2D eigenvalue weighted by Gasteiger charge is 2.23. The molecule has 0 fully saturated rings. The van der Waals surface area contributed by atoms with E-state index in [1.165, 1.54) is 0 Å². The molecule has 0 aliphatic heterocycles. The number of aromatic nitrogens is 1. The zero-order chi connectivity index (χ0) is 9.19. The minimum atomic E-state index is -0.416. The standard InChI is InChI=1S/C10H15NO/c1-10(2,3)9(12)8-4-6-11-7-5-8/h4-7,9,12H,1-3H3/t9-/m1/s1. The van der Waals surface area contributed by atoms with Crippen LogP contribution in [0.1, 0.15) is 32.4 Å². The van der Waals surface area contributed by atoms with Crippen LogP contribution in [-0.4, -0.2) is 10.1 Å². The summed E-state index contributed by atoms with van der Waals surface area (Å²) in [5.74, 6) is 0. The summed E-state index contributed by atoms with van der Waals surface area (Å²) >= 11 is 0. The maximum atomic E-state index is 9.83. The maximum absolute atomic E-state index is 9.83. The van der Waals surface area contributed by atoms with Gasteiger partial charge in [0.25, 0.3) is 0 Å². The predicted octanol–water partition coefficient (Wildman–Crippen LogP) is 2.16. The molecule has 1 heterocycles. The molecule has 2 nitrogen and oxygen atoms in total. The highest BCUT2D eigenvalue weighted by molar-refractivity contribution is 5.14. The molecule has 1 aromatic heterocycles. The van der Waals surface area contributed by atoms with Gasteiger partial charge in [0.1, 0.15) is 0 Å². The lowest BCUT2D eigenvalue weighted by atomic mass is 9.85. The molecule has 1 N–H and O–H groups in total. The van der Waals surface area contributed by atoms with Gasteiger partial charge in [-0.2, -0.15) is 0 Å². The van der Waals surface area contributed by atoms with Crippen molar-refractivity contribution >= 4 is 0 Å². The second-order valence-electron chi connectivity index (χ2n) is 4.05. The number of hydrogen-bond donors (Lipinski definition) is 1. The number of aliphatic hydroxyl groups excluding tert-OH is 1. The molecule has 0 bridgehead atoms. The van der Waals surface area contributed by atoms with E-state index in [0.29, 0.717) is 0 Å². The largest absolute Gasteiger partial charge is 0.388 e. The van der Waals surface area contributed by atoms with Gasteiger partial charge in [0.15, 0.2) is 0 Å². The Bertz CT molecular complexity index is 238. The van der Waals surface area contributed by atoms with Crippen molar-refractivity contribution in [2.24, 2.45) is 5.41 Å². The van der Waals surface area contributed by atoms with Crippen LogP contribution in [0.4, 0.5) is 0 Å². The van der Waals surface area contributed by atoms with Crippen molar-refractivity contribution in [3.8, 4) is 0 Å². The van der Waals surface area contributed by atoms with Gasteiger partial charge in [0.05, 0.1) is 6.10 Å². The molecule has 0 aromatic carbocycles. The summed E-state index contributed by atoms with van der Waals surface area (Å²) in [4.78, 5) is 3.90. The second kappa shape index (κ2) is 3.23. The number of nitrogens with zero attached hydrogens (tertiary/aromatic N) is 1. The molecule has 0 aliphatic rings. The molecule has 2 heteroatoms. The number of pyridine rings is 1. The molecule has 0 spiro atoms. The fourth-order valence-corrected chi connectivity index (χ4v) is 1.05. The SMILES string of the molecule is CC(C)(C)[C@H](O)c1ccncc1. The predicted molar refractivity (Wildman–Crippen MR) is 48.7 cm³/mol. The molecule has 0 unspecified atom stereocenters. The number of aliphatic hydroxyl groups is 1. The first-order chi connectivity index (χ1) is 5.52. The highest BCUT2D eigenvalue weighted by Crippen LogP contribution is 2.31. The smallest absolute Gasteiger partial charge is 0.0839 e. The lowest BCUT2D eigenvalue weighted by Crippen LogP contribution is -2.17. The quantitative estimate of drug-likeness (QED) is 0.691. The first-order valence-electron chi connectivity index (χ1n) is 4.10. The minimum Gasteiger partial charge on any atom is -0.388 e. The Morgan fingerprint density at radius 3 is 2.17 bits per heavy atom. The third kappa shape index (κ3) is 2.05. The van der Waals surface area contributed by atoms with Crippen LogP contribution in [0.15, 0.2) is 24.5 Å². The zero-order valence-corrected chi connectivity index (χ0v) is 7.78. The van der Waals surface area contributed by atoms with Crippen LogP contribution in [-0.2, 0) is 0 Å². The van der Waals surface area contributed by atoms with E-state index >= 15 is 0 Å². The first-order valence-corrected chi connectivity index (χ1v) is 4.10. The van der Waals surface area contributed by atoms with Crippen LogP contribution < -0.4 is 0 Å². The minimum absolute atomic E-state index is 0.110. The average molecular weight is 165 g/mol. The summed E-state index contributed by atoms with van der Waals surface area (Å²) in [5, 5.41) is 9.83. The van der Waals surface area contributed by atoms with Crippen molar-refractivity contribution in [3.05, 3.63) is 30.1 Å². The molecular formula is C10H15NO. The Morgan fingerprint density at radius 1 is 1.25 bits per heavy atom.